The van der Waals surface area contributed by atoms with E-state index in [9.17, 15) is 18.0 Å². The molecule has 2 aliphatic rings. The first-order chi connectivity index (χ1) is 11.8. The van der Waals surface area contributed by atoms with Gasteiger partial charge in [-0.3, -0.25) is 9.69 Å². The Morgan fingerprint density at radius 3 is 2.22 bits per heavy atom. The van der Waals surface area contributed by atoms with Crippen LogP contribution in [-0.4, -0.2) is 49.7 Å². The lowest BCUT2D eigenvalue weighted by atomic mass is 9.71. The number of halogens is 5. The molecule has 0 unspecified atom stereocenters. The summed E-state index contributed by atoms with van der Waals surface area (Å²) in [7, 11) is 0. The van der Waals surface area contributed by atoms with Crippen molar-refractivity contribution in [1.29, 1.82) is 0 Å². The minimum Gasteiger partial charge on any atom is -0.356 e. The van der Waals surface area contributed by atoms with Gasteiger partial charge in [-0.05, 0) is 63.1 Å². The number of nitrogens with one attached hydrogen (secondary N) is 1. The Hall–Kier alpha value is -0.240. The van der Waals surface area contributed by atoms with Crippen molar-refractivity contribution < 1.29 is 18.0 Å². The molecule has 162 valence electrons. The van der Waals surface area contributed by atoms with E-state index in [2.05, 4.69) is 5.32 Å². The Morgan fingerprint density at radius 1 is 1.11 bits per heavy atom. The Labute approximate surface area is 173 Å². The van der Waals surface area contributed by atoms with Crippen molar-refractivity contribution in [2.45, 2.75) is 64.0 Å². The lowest BCUT2D eigenvalue weighted by Crippen LogP contribution is -2.41. The highest BCUT2D eigenvalue weighted by atomic mass is 35.5. The van der Waals surface area contributed by atoms with Crippen LogP contribution in [0.4, 0.5) is 13.2 Å². The van der Waals surface area contributed by atoms with E-state index in [0.29, 0.717) is 38.5 Å². The summed E-state index contributed by atoms with van der Waals surface area (Å²) in [5.74, 6) is 0.477. The molecule has 0 spiro atoms. The Bertz CT molecular complexity index is 425. The molecule has 0 aromatic heterocycles. The van der Waals surface area contributed by atoms with Crippen LogP contribution in [-0.2, 0) is 4.79 Å². The maximum absolute atomic E-state index is 12.4. The molecule has 2 fully saturated rings. The first-order valence-electron chi connectivity index (χ1n) is 9.58. The molecule has 1 aliphatic carbocycles. The number of alkyl halides is 3. The van der Waals surface area contributed by atoms with E-state index in [0.717, 1.165) is 44.9 Å². The molecule has 0 aromatic rings. The van der Waals surface area contributed by atoms with E-state index in [-0.39, 0.29) is 36.1 Å². The van der Waals surface area contributed by atoms with Crippen molar-refractivity contribution in [2.75, 3.05) is 32.7 Å². The molecule has 1 amide bonds. The van der Waals surface area contributed by atoms with Crippen molar-refractivity contribution in [2.24, 2.45) is 17.1 Å². The van der Waals surface area contributed by atoms with Gasteiger partial charge < -0.3 is 11.1 Å². The molecule has 2 rings (SSSR count). The minimum atomic E-state index is -4.11. The first kappa shape index (κ1) is 26.8. The largest absolute Gasteiger partial charge is 0.401 e. The number of nitrogens with two attached hydrogens (primary N) is 1. The van der Waals surface area contributed by atoms with E-state index < -0.39 is 12.7 Å². The van der Waals surface area contributed by atoms with Gasteiger partial charge in [0.1, 0.15) is 0 Å². The van der Waals surface area contributed by atoms with E-state index in [1.807, 2.05) is 0 Å². The molecule has 3 N–H and O–H groups in total. The fraction of sp³-hybridized carbons (Fsp3) is 0.944. The van der Waals surface area contributed by atoms with Gasteiger partial charge in [-0.1, -0.05) is 19.3 Å². The van der Waals surface area contributed by atoms with Crippen LogP contribution in [0.5, 0.6) is 0 Å². The summed E-state index contributed by atoms with van der Waals surface area (Å²) in [6.07, 6.45) is 4.41. The predicted molar refractivity (Wildman–Crippen MR) is 107 cm³/mol. The van der Waals surface area contributed by atoms with Crippen molar-refractivity contribution in [1.82, 2.24) is 10.2 Å². The van der Waals surface area contributed by atoms with Crippen molar-refractivity contribution in [3.63, 3.8) is 0 Å². The number of hydrogen-bond donors (Lipinski definition) is 2. The van der Waals surface area contributed by atoms with Crippen molar-refractivity contribution >= 4 is 30.7 Å². The zero-order chi connectivity index (χ0) is 18.3. The number of hydrogen-bond acceptors (Lipinski definition) is 3. The van der Waals surface area contributed by atoms with Gasteiger partial charge in [-0.15, -0.1) is 24.8 Å². The fourth-order valence-corrected chi connectivity index (χ4v) is 4.26. The molecule has 0 radical (unpaired) electrons. The lowest BCUT2D eigenvalue weighted by Gasteiger charge is -2.35. The van der Waals surface area contributed by atoms with Gasteiger partial charge >= 0.3 is 6.18 Å². The number of piperidine rings is 1. The Balaban J connectivity index is 0.00000338. The number of likely N-dealkylation sites (tertiary alicyclic amines) is 1. The number of amides is 1. The Morgan fingerprint density at radius 2 is 1.70 bits per heavy atom. The monoisotopic (exact) mass is 435 g/mol. The van der Waals surface area contributed by atoms with Gasteiger partial charge in [-0.25, -0.2) is 0 Å². The average molecular weight is 436 g/mol. The summed E-state index contributed by atoms with van der Waals surface area (Å²) in [5, 5.41) is 3.00. The summed E-state index contributed by atoms with van der Waals surface area (Å²) >= 11 is 0. The number of carbonyl (C=O) groups is 1. The summed E-state index contributed by atoms with van der Waals surface area (Å²) in [5.41, 5.74) is 5.90. The second kappa shape index (κ2) is 12.3. The summed E-state index contributed by atoms with van der Waals surface area (Å²) < 4.78 is 37.2. The van der Waals surface area contributed by atoms with E-state index >= 15 is 0 Å². The lowest BCUT2D eigenvalue weighted by molar-refractivity contribution is -0.148. The second-order valence-corrected chi connectivity index (χ2v) is 7.91. The van der Waals surface area contributed by atoms with Crippen LogP contribution in [0.1, 0.15) is 57.8 Å². The van der Waals surface area contributed by atoms with Crippen LogP contribution >= 0.6 is 24.8 Å². The minimum absolute atomic E-state index is 0. The highest BCUT2D eigenvalue weighted by Gasteiger charge is 2.34. The number of nitrogens with zero attached hydrogens (tertiary/aromatic N) is 1. The van der Waals surface area contributed by atoms with Crippen molar-refractivity contribution in [3.05, 3.63) is 0 Å². The maximum atomic E-state index is 12.4. The normalized spacial score (nSPS) is 21.0. The summed E-state index contributed by atoms with van der Waals surface area (Å²) in [4.78, 5) is 13.7. The first-order valence-corrected chi connectivity index (χ1v) is 9.58. The predicted octanol–water partition coefficient (Wildman–Crippen LogP) is 3.91. The van der Waals surface area contributed by atoms with Gasteiger partial charge in [0.2, 0.25) is 5.91 Å². The molecule has 4 nitrogen and oxygen atoms in total. The van der Waals surface area contributed by atoms with Crippen LogP contribution < -0.4 is 11.1 Å². The summed E-state index contributed by atoms with van der Waals surface area (Å²) in [6.45, 7) is 1.36. The number of carbonyl (C=O) groups excluding carboxylic acids is 1. The van der Waals surface area contributed by atoms with Crippen LogP contribution in [0.2, 0.25) is 0 Å². The molecule has 27 heavy (non-hydrogen) atoms. The van der Waals surface area contributed by atoms with Crippen molar-refractivity contribution in [3.8, 4) is 0 Å². The maximum Gasteiger partial charge on any atom is 0.401 e. The molecular formula is C18H34Cl2F3N3O. The van der Waals surface area contributed by atoms with Gasteiger partial charge in [0.15, 0.2) is 0 Å². The topological polar surface area (TPSA) is 58.4 Å². The average Bonchev–Trinajstić information content (AvgIpc) is 2.56. The van der Waals surface area contributed by atoms with Crippen LogP contribution in [0.25, 0.3) is 0 Å². The van der Waals surface area contributed by atoms with E-state index in [4.69, 9.17) is 5.73 Å². The molecule has 1 heterocycles. The standard InChI is InChI=1S/C18H32F3N3O.2ClH/c19-18(20,21)14-24-10-5-15(6-11-24)4-9-23-16(25)12-17(13-22)7-2-1-3-8-17;;/h15H,1-14,22H2,(H,23,25);2*1H. The second-order valence-electron chi connectivity index (χ2n) is 7.91. The molecule has 0 aromatic carbocycles. The SMILES string of the molecule is Cl.Cl.NCC1(CC(=O)NCCC2CCN(CC(F)(F)F)CC2)CCCCC1. The third-order valence-electron chi connectivity index (χ3n) is 5.87. The molecule has 1 aliphatic heterocycles. The molecule has 1 saturated heterocycles. The highest BCUT2D eigenvalue weighted by Crippen LogP contribution is 2.38. The molecule has 0 atom stereocenters. The van der Waals surface area contributed by atoms with Gasteiger partial charge in [0.05, 0.1) is 6.54 Å². The highest BCUT2D eigenvalue weighted by molar-refractivity contribution is 5.85. The fourth-order valence-electron chi connectivity index (χ4n) is 4.26. The third kappa shape index (κ3) is 9.68. The molecule has 0 bridgehead atoms. The van der Waals surface area contributed by atoms with E-state index in [1.165, 1.54) is 11.3 Å². The van der Waals surface area contributed by atoms with Crippen LogP contribution in [0, 0.1) is 11.3 Å². The third-order valence-corrected chi connectivity index (χ3v) is 5.87. The van der Waals surface area contributed by atoms with Crippen LogP contribution in [0.3, 0.4) is 0 Å². The quantitative estimate of drug-likeness (QED) is 0.636. The smallest absolute Gasteiger partial charge is 0.356 e. The number of rotatable bonds is 7. The van der Waals surface area contributed by atoms with Crippen LogP contribution in [0.15, 0.2) is 0 Å². The zero-order valence-corrected chi connectivity index (χ0v) is 17.5. The Kier molecular flexibility index (Phi) is 12.2. The molecule has 9 heteroatoms. The molecule has 1 saturated carbocycles. The van der Waals surface area contributed by atoms with Gasteiger partial charge in [0, 0.05) is 13.0 Å². The van der Waals surface area contributed by atoms with Gasteiger partial charge in [0.25, 0.3) is 0 Å². The molecular weight excluding hydrogens is 402 g/mol. The summed E-state index contributed by atoms with van der Waals surface area (Å²) in [6, 6.07) is 0. The van der Waals surface area contributed by atoms with Gasteiger partial charge in [-0.2, -0.15) is 13.2 Å². The van der Waals surface area contributed by atoms with E-state index in [1.54, 1.807) is 0 Å². The zero-order valence-electron chi connectivity index (χ0n) is 15.9.